The molecule has 5 heteroatoms. The maximum absolute atomic E-state index is 6.27. The molecule has 0 aliphatic heterocycles. The molecule has 1 aromatic heterocycles. The lowest BCUT2D eigenvalue weighted by Crippen LogP contribution is -2.11. The molecule has 1 heterocycles. The number of aryl methyl sites for hydroxylation is 1. The van der Waals surface area contributed by atoms with Crippen molar-refractivity contribution >= 4 is 23.4 Å². The minimum Gasteiger partial charge on any atom is -0.313 e. The van der Waals surface area contributed by atoms with E-state index in [1.54, 1.807) is 6.20 Å². The molecule has 0 spiro atoms. The first kappa shape index (κ1) is 14.3. The minimum absolute atomic E-state index is 0.746. The molecular formula is C14H16ClN3S. The van der Waals surface area contributed by atoms with E-state index in [9.17, 15) is 0 Å². The Morgan fingerprint density at radius 2 is 2.16 bits per heavy atom. The van der Waals surface area contributed by atoms with Crippen LogP contribution in [0.1, 0.15) is 18.2 Å². The molecule has 0 aliphatic carbocycles. The largest absolute Gasteiger partial charge is 0.313 e. The average molecular weight is 294 g/mol. The fraction of sp³-hybridized carbons (Fsp3) is 0.286. The van der Waals surface area contributed by atoms with E-state index in [0.29, 0.717) is 0 Å². The third kappa shape index (κ3) is 4.20. The van der Waals surface area contributed by atoms with Gasteiger partial charge in [0.1, 0.15) is 0 Å². The number of rotatable bonds is 5. The van der Waals surface area contributed by atoms with Crippen LogP contribution < -0.4 is 5.32 Å². The minimum atomic E-state index is 0.746. The van der Waals surface area contributed by atoms with Crippen molar-refractivity contribution in [2.24, 2.45) is 0 Å². The van der Waals surface area contributed by atoms with E-state index in [1.807, 2.05) is 25.1 Å². The van der Waals surface area contributed by atoms with Crippen molar-refractivity contribution in [3.8, 4) is 0 Å². The fourth-order valence-corrected chi connectivity index (χ4v) is 2.71. The summed E-state index contributed by atoms with van der Waals surface area (Å²) in [5, 5.41) is 4.79. The summed E-state index contributed by atoms with van der Waals surface area (Å²) in [6.45, 7) is 5.76. The van der Waals surface area contributed by atoms with Gasteiger partial charge in [-0.15, -0.1) is 0 Å². The number of aromatic nitrogens is 2. The lowest BCUT2D eigenvalue weighted by Gasteiger charge is -2.07. The number of nitrogens with one attached hydrogen (secondary N) is 1. The molecule has 0 atom stereocenters. The molecule has 3 nitrogen and oxygen atoms in total. The van der Waals surface area contributed by atoms with E-state index < -0.39 is 0 Å². The molecule has 0 amide bonds. The molecule has 0 saturated carbocycles. The van der Waals surface area contributed by atoms with Gasteiger partial charge in [0.25, 0.3) is 0 Å². The first-order valence-corrected chi connectivity index (χ1v) is 7.35. The van der Waals surface area contributed by atoms with Gasteiger partial charge in [0.2, 0.25) is 0 Å². The Labute approximate surface area is 122 Å². The highest BCUT2D eigenvalue weighted by atomic mass is 35.5. The standard InChI is InChI=1S/C14H16ClN3S/c1-3-16-9-11-4-5-12(8-13(11)15)19-14-17-7-6-10(2)18-14/h4-8,16H,3,9H2,1-2H3. The molecule has 2 rings (SSSR count). The Bertz CT molecular complexity index is 560. The molecule has 0 fully saturated rings. The van der Waals surface area contributed by atoms with Crippen molar-refractivity contribution < 1.29 is 0 Å². The van der Waals surface area contributed by atoms with Gasteiger partial charge in [0.15, 0.2) is 5.16 Å². The topological polar surface area (TPSA) is 37.8 Å². The van der Waals surface area contributed by atoms with E-state index in [4.69, 9.17) is 11.6 Å². The van der Waals surface area contributed by atoms with Gasteiger partial charge in [-0.2, -0.15) is 0 Å². The molecule has 0 bridgehead atoms. The average Bonchev–Trinajstić information content (AvgIpc) is 2.38. The maximum Gasteiger partial charge on any atom is 0.192 e. The normalized spacial score (nSPS) is 10.7. The van der Waals surface area contributed by atoms with Crippen LogP contribution in [0, 0.1) is 6.92 Å². The van der Waals surface area contributed by atoms with Gasteiger partial charge in [-0.25, -0.2) is 9.97 Å². The molecular weight excluding hydrogens is 278 g/mol. The zero-order valence-corrected chi connectivity index (χ0v) is 12.6. The van der Waals surface area contributed by atoms with Crippen molar-refractivity contribution in [3.63, 3.8) is 0 Å². The third-order valence-electron chi connectivity index (χ3n) is 2.57. The highest BCUT2D eigenvalue weighted by molar-refractivity contribution is 7.99. The molecule has 1 aromatic carbocycles. The molecule has 0 saturated heterocycles. The summed E-state index contributed by atoms with van der Waals surface area (Å²) >= 11 is 7.79. The Kier molecular flexibility index (Phi) is 5.19. The molecule has 19 heavy (non-hydrogen) atoms. The van der Waals surface area contributed by atoms with Crippen molar-refractivity contribution in [3.05, 3.63) is 46.7 Å². The predicted octanol–water partition coefficient (Wildman–Crippen LogP) is 3.70. The van der Waals surface area contributed by atoms with Gasteiger partial charge in [-0.05, 0) is 49.0 Å². The van der Waals surface area contributed by atoms with Crippen LogP contribution in [0.4, 0.5) is 0 Å². The summed E-state index contributed by atoms with van der Waals surface area (Å²) in [4.78, 5) is 9.65. The van der Waals surface area contributed by atoms with Crippen LogP contribution in [-0.4, -0.2) is 16.5 Å². The maximum atomic E-state index is 6.27. The van der Waals surface area contributed by atoms with E-state index in [0.717, 1.165) is 39.4 Å². The van der Waals surface area contributed by atoms with Crippen molar-refractivity contribution in [1.29, 1.82) is 0 Å². The summed E-state index contributed by atoms with van der Waals surface area (Å²) in [7, 11) is 0. The molecule has 0 unspecified atom stereocenters. The second-order valence-electron chi connectivity index (χ2n) is 4.12. The van der Waals surface area contributed by atoms with E-state index in [2.05, 4.69) is 28.3 Å². The highest BCUT2D eigenvalue weighted by Crippen LogP contribution is 2.28. The molecule has 2 aromatic rings. The lowest BCUT2D eigenvalue weighted by molar-refractivity contribution is 0.726. The zero-order valence-electron chi connectivity index (χ0n) is 11.0. The van der Waals surface area contributed by atoms with Crippen molar-refractivity contribution in [2.75, 3.05) is 6.54 Å². The summed E-state index contributed by atoms with van der Waals surface area (Å²) in [5.74, 6) is 0. The van der Waals surface area contributed by atoms with Crippen LogP contribution in [-0.2, 0) is 6.54 Å². The number of benzene rings is 1. The van der Waals surface area contributed by atoms with Gasteiger partial charge in [0, 0.05) is 28.4 Å². The Hall–Kier alpha value is -1.10. The predicted molar refractivity (Wildman–Crippen MR) is 79.7 cm³/mol. The smallest absolute Gasteiger partial charge is 0.192 e. The summed E-state index contributed by atoms with van der Waals surface area (Å²) in [6.07, 6.45) is 1.77. The van der Waals surface area contributed by atoms with Gasteiger partial charge in [0.05, 0.1) is 0 Å². The quantitative estimate of drug-likeness (QED) is 0.853. The lowest BCUT2D eigenvalue weighted by atomic mass is 10.2. The van der Waals surface area contributed by atoms with Gasteiger partial charge in [-0.3, -0.25) is 0 Å². The molecule has 0 aliphatic rings. The second-order valence-corrected chi connectivity index (χ2v) is 5.56. The number of hydrogen-bond donors (Lipinski definition) is 1. The number of hydrogen-bond acceptors (Lipinski definition) is 4. The monoisotopic (exact) mass is 293 g/mol. The van der Waals surface area contributed by atoms with E-state index >= 15 is 0 Å². The van der Waals surface area contributed by atoms with E-state index in [-0.39, 0.29) is 0 Å². The molecule has 0 radical (unpaired) electrons. The zero-order chi connectivity index (χ0) is 13.7. The summed E-state index contributed by atoms with van der Waals surface area (Å²) in [5.41, 5.74) is 2.07. The Balaban J connectivity index is 2.11. The molecule has 100 valence electrons. The van der Waals surface area contributed by atoms with Crippen LogP contribution >= 0.6 is 23.4 Å². The SMILES string of the molecule is CCNCc1ccc(Sc2nccc(C)n2)cc1Cl. The van der Waals surface area contributed by atoms with Crippen molar-refractivity contribution in [2.45, 2.75) is 30.4 Å². The van der Waals surface area contributed by atoms with E-state index in [1.165, 1.54) is 11.8 Å². The fourth-order valence-electron chi connectivity index (χ4n) is 1.58. The number of halogens is 1. The Morgan fingerprint density at radius 1 is 1.32 bits per heavy atom. The van der Waals surface area contributed by atoms with Crippen LogP contribution in [0.5, 0.6) is 0 Å². The van der Waals surface area contributed by atoms with Crippen LogP contribution in [0.15, 0.2) is 40.5 Å². The molecule has 1 N–H and O–H groups in total. The first-order chi connectivity index (χ1) is 9.19. The Morgan fingerprint density at radius 3 is 2.84 bits per heavy atom. The summed E-state index contributed by atoms with van der Waals surface area (Å²) < 4.78 is 0. The second kappa shape index (κ2) is 6.89. The highest BCUT2D eigenvalue weighted by Gasteiger charge is 2.05. The third-order valence-corrected chi connectivity index (χ3v) is 3.79. The number of nitrogens with zero attached hydrogens (tertiary/aromatic N) is 2. The van der Waals surface area contributed by atoms with Crippen LogP contribution in [0.2, 0.25) is 5.02 Å². The van der Waals surface area contributed by atoms with Crippen molar-refractivity contribution in [1.82, 2.24) is 15.3 Å². The van der Waals surface area contributed by atoms with Gasteiger partial charge >= 0.3 is 0 Å². The van der Waals surface area contributed by atoms with Gasteiger partial charge < -0.3 is 5.32 Å². The van der Waals surface area contributed by atoms with Crippen LogP contribution in [0.3, 0.4) is 0 Å². The summed E-state index contributed by atoms with van der Waals surface area (Å²) in [6, 6.07) is 7.94. The first-order valence-electron chi connectivity index (χ1n) is 6.15. The van der Waals surface area contributed by atoms with Gasteiger partial charge in [-0.1, -0.05) is 24.6 Å². The van der Waals surface area contributed by atoms with Crippen LogP contribution in [0.25, 0.3) is 0 Å².